The lowest BCUT2D eigenvalue weighted by Gasteiger charge is -2.30. The second kappa shape index (κ2) is 9.86. The minimum absolute atomic E-state index is 0.00931. The molecule has 1 aromatic carbocycles. The molecule has 2 aromatic rings. The Morgan fingerprint density at radius 3 is 2.81 bits per heavy atom. The van der Waals surface area contributed by atoms with Gasteiger partial charge in [-0.15, -0.1) is 0 Å². The Balaban J connectivity index is 1.39. The molecule has 1 amide bonds. The molecule has 2 aliphatic rings. The van der Waals surface area contributed by atoms with Crippen LogP contribution >= 0.6 is 11.6 Å². The summed E-state index contributed by atoms with van der Waals surface area (Å²) in [6, 6.07) is 5.79. The van der Waals surface area contributed by atoms with E-state index >= 15 is 0 Å². The highest BCUT2D eigenvalue weighted by molar-refractivity contribution is 6.30. The number of hydrogen-bond acceptors (Lipinski definition) is 8. The Morgan fingerprint density at radius 2 is 2.09 bits per heavy atom. The number of halogens is 2. The summed E-state index contributed by atoms with van der Waals surface area (Å²) in [4.78, 5) is 26.7. The summed E-state index contributed by atoms with van der Waals surface area (Å²) in [6.45, 7) is 2.33. The average molecular weight is 465 g/mol. The maximum Gasteiger partial charge on any atom is 0.270 e. The first-order valence-corrected chi connectivity index (χ1v) is 10.5. The van der Waals surface area contributed by atoms with Crippen molar-refractivity contribution in [3.05, 3.63) is 57.9 Å². The van der Waals surface area contributed by atoms with E-state index in [9.17, 15) is 9.18 Å². The van der Waals surface area contributed by atoms with E-state index in [0.29, 0.717) is 35.8 Å². The maximum absolute atomic E-state index is 13.3. The van der Waals surface area contributed by atoms with Crippen molar-refractivity contribution in [2.24, 2.45) is 5.16 Å². The lowest BCUT2D eigenvalue weighted by atomic mass is 10.0. The second-order valence-corrected chi connectivity index (χ2v) is 7.92. The molecule has 0 aliphatic carbocycles. The molecule has 11 heteroatoms. The maximum atomic E-state index is 13.3. The summed E-state index contributed by atoms with van der Waals surface area (Å²) in [5.74, 6) is -0.520. The van der Waals surface area contributed by atoms with Crippen LogP contribution in [0.15, 0.2) is 29.4 Å². The molecule has 0 spiro atoms. The molecule has 2 aliphatic heterocycles. The van der Waals surface area contributed by atoms with E-state index in [4.69, 9.17) is 31.0 Å². The van der Waals surface area contributed by atoms with Crippen LogP contribution in [0.2, 0.25) is 5.02 Å². The van der Waals surface area contributed by atoms with Gasteiger partial charge in [0.2, 0.25) is 0 Å². The van der Waals surface area contributed by atoms with Gasteiger partial charge in [-0.2, -0.15) is 0 Å². The molecule has 0 saturated carbocycles. The monoisotopic (exact) mass is 464 g/mol. The number of carbonyl (C=O) groups excluding carboxylic acids is 1. The van der Waals surface area contributed by atoms with Crippen LogP contribution in [0, 0.1) is 12.7 Å². The number of aromatic nitrogens is 2. The predicted molar refractivity (Wildman–Crippen MR) is 112 cm³/mol. The van der Waals surface area contributed by atoms with Crippen LogP contribution in [0.1, 0.15) is 34.0 Å². The second-order valence-electron chi connectivity index (χ2n) is 7.51. The molecule has 1 aromatic heterocycles. The molecule has 9 nitrogen and oxygen atoms in total. The summed E-state index contributed by atoms with van der Waals surface area (Å²) in [5.41, 5.74) is 1.90. The molecular weight excluding hydrogens is 443 g/mol. The van der Waals surface area contributed by atoms with E-state index < -0.39 is 11.7 Å². The minimum atomic E-state index is -0.519. The fraction of sp³-hybridized carbons (Fsp3) is 0.429. The van der Waals surface area contributed by atoms with Crippen LogP contribution in [0.25, 0.3) is 0 Å². The smallest absolute Gasteiger partial charge is 0.270 e. The van der Waals surface area contributed by atoms with Crippen LogP contribution in [0.5, 0.6) is 0 Å². The third-order valence-electron chi connectivity index (χ3n) is 5.11. The average Bonchev–Trinajstić information content (AvgIpc) is 3.30. The number of aliphatic hydroxyl groups is 1. The van der Waals surface area contributed by atoms with Crippen LogP contribution in [-0.4, -0.2) is 64.8 Å². The van der Waals surface area contributed by atoms with Crippen molar-refractivity contribution in [2.75, 3.05) is 19.8 Å². The van der Waals surface area contributed by atoms with Gasteiger partial charge in [0.15, 0.2) is 6.10 Å². The molecule has 170 valence electrons. The molecule has 1 saturated heterocycles. The molecule has 2 N–H and O–H groups in total. The van der Waals surface area contributed by atoms with Crippen molar-refractivity contribution in [3.8, 4) is 0 Å². The number of benzene rings is 1. The third kappa shape index (κ3) is 5.21. The fourth-order valence-electron chi connectivity index (χ4n) is 3.38. The number of hydrogen-bond donors (Lipinski definition) is 2. The summed E-state index contributed by atoms with van der Waals surface area (Å²) in [6.07, 6.45) is -0.555. The SMILES string of the molecule is Cc1nc(C(=O)NCc2ccc(F)c(Cl)c2)cc(C2=NOC([C@@H]3CO[C@@H](CO)CO3)C2)n1. The number of aliphatic hydroxyl groups excluding tert-OH is 1. The lowest BCUT2D eigenvalue weighted by Crippen LogP contribution is -2.43. The Labute approximate surface area is 188 Å². The van der Waals surface area contributed by atoms with Gasteiger partial charge in [-0.1, -0.05) is 22.8 Å². The van der Waals surface area contributed by atoms with Crippen molar-refractivity contribution in [2.45, 2.75) is 38.2 Å². The van der Waals surface area contributed by atoms with Crippen molar-refractivity contribution in [1.29, 1.82) is 0 Å². The van der Waals surface area contributed by atoms with Gasteiger partial charge in [-0.05, 0) is 30.7 Å². The number of nitrogens with zero attached hydrogens (tertiary/aromatic N) is 3. The number of rotatable bonds is 6. The number of amides is 1. The molecule has 3 atom stereocenters. The summed E-state index contributed by atoms with van der Waals surface area (Å²) in [5, 5.41) is 16.0. The topological polar surface area (TPSA) is 115 Å². The van der Waals surface area contributed by atoms with E-state index in [1.54, 1.807) is 19.1 Å². The Morgan fingerprint density at radius 1 is 1.25 bits per heavy atom. The largest absolute Gasteiger partial charge is 0.394 e. The van der Waals surface area contributed by atoms with E-state index in [2.05, 4.69) is 20.4 Å². The van der Waals surface area contributed by atoms with Crippen LogP contribution in [-0.2, 0) is 20.9 Å². The highest BCUT2D eigenvalue weighted by Crippen LogP contribution is 2.23. The third-order valence-corrected chi connectivity index (χ3v) is 5.40. The number of ether oxygens (including phenoxy) is 2. The summed E-state index contributed by atoms with van der Waals surface area (Å²) in [7, 11) is 0. The number of carbonyl (C=O) groups is 1. The lowest BCUT2D eigenvalue weighted by molar-refractivity contribution is -0.178. The van der Waals surface area contributed by atoms with Gasteiger partial charge in [0.25, 0.3) is 5.91 Å². The number of aryl methyl sites for hydroxylation is 1. The van der Waals surface area contributed by atoms with Gasteiger partial charge in [0, 0.05) is 13.0 Å². The molecular formula is C21H22ClFN4O5. The van der Waals surface area contributed by atoms with Gasteiger partial charge in [-0.3, -0.25) is 4.79 Å². The van der Waals surface area contributed by atoms with Gasteiger partial charge in [-0.25, -0.2) is 14.4 Å². The van der Waals surface area contributed by atoms with Crippen molar-refractivity contribution in [1.82, 2.24) is 15.3 Å². The van der Waals surface area contributed by atoms with Crippen LogP contribution in [0.3, 0.4) is 0 Å². The highest BCUT2D eigenvalue weighted by Gasteiger charge is 2.35. The van der Waals surface area contributed by atoms with Crippen molar-refractivity contribution < 1.29 is 28.6 Å². The van der Waals surface area contributed by atoms with Crippen molar-refractivity contribution >= 4 is 23.2 Å². The number of oxime groups is 1. The van der Waals surface area contributed by atoms with Crippen LogP contribution < -0.4 is 5.32 Å². The standard InChI is InChI=1S/C21H22ClFN4O5/c1-11-25-16(17-6-19(32-27-17)20-10-30-13(8-28)9-31-20)5-18(26-11)21(29)24-7-12-2-3-15(23)14(22)4-12/h2-5,13,19-20,28H,6-10H2,1H3,(H,24,29)/t13-,19?,20-/m0/s1. The zero-order valence-corrected chi connectivity index (χ0v) is 18.0. The van der Waals surface area contributed by atoms with Gasteiger partial charge in [0.05, 0.1) is 30.5 Å². The Hall–Kier alpha value is -2.66. The molecule has 1 unspecified atom stereocenters. The normalized spacial score (nSPS) is 22.9. The zero-order chi connectivity index (χ0) is 22.7. The first kappa shape index (κ1) is 22.5. The predicted octanol–water partition coefficient (Wildman–Crippen LogP) is 1.78. The van der Waals surface area contributed by atoms with Gasteiger partial charge >= 0.3 is 0 Å². The van der Waals surface area contributed by atoms with Crippen molar-refractivity contribution in [3.63, 3.8) is 0 Å². The minimum Gasteiger partial charge on any atom is -0.394 e. The van der Waals surface area contributed by atoms with E-state index in [1.807, 2.05) is 0 Å². The van der Waals surface area contributed by atoms with E-state index in [0.717, 1.165) is 0 Å². The quantitative estimate of drug-likeness (QED) is 0.669. The highest BCUT2D eigenvalue weighted by atomic mass is 35.5. The first-order valence-electron chi connectivity index (χ1n) is 10.1. The van der Waals surface area contributed by atoms with E-state index in [1.165, 1.54) is 12.1 Å². The summed E-state index contributed by atoms with van der Waals surface area (Å²) >= 11 is 5.78. The Bertz CT molecular complexity index is 1030. The zero-order valence-electron chi connectivity index (χ0n) is 17.3. The molecule has 0 bridgehead atoms. The molecule has 1 fully saturated rings. The fourth-order valence-corrected chi connectivity index (χ4v) is 3.58. The summed E-state index contributed by atoms with van der Waals surface area (Å²) < 4.78 is 24.5. The van der Waals surface area contributed by atoms with Gasteiger partial charge < -0.3 is 24.7 Å². The number of nitrogens with one attached hydrogen (secondary N) is 1. The molecule has 32 heavy (non-hydrogen) atoms. The molecule has 4 rings (SSSR count). The molecule has 0 radical (unpaired) electrons. The van der Waals surface area contributed by atoms with Crippen LogP contribution in [0.4, 0.5) is 4.39 Å². The Kier molecular flexibility index (Phi) is 6.95. The first-order chi connectivity index (χ1) is 15.4. The van der Waals surface area contributed by atoms with E-state index in [-0.39, 0.29) is 48.8 Å². The molecule has 3 heterocycles. The van der Waals surface area contributed by atoms with Gasteiger partial charge in [0.1, 0.15) is 35.3 Å².